The first-order valence-electron chi connectivity index (χ1n) is 8.02. The van der Waals surface area contributed by atoms with Gasteiger partial charge in [-0.15, -0.1) is 12.4 Å². The number of hydrogen-bond donors (Lipinski definition) is 1. The van der Waals surface area contributed by atoms with Crippen molar-refractivity contribution in [2.24, 2.45) is 11.7 Å². The molecule has 0 bridgehead atoms. The van der Waals surface area contributed by atoms with Crippen molar-refractivity contribution in [2.75, 3.05) is 24.5 Å². The van der Waals surface area contributed by atoms with Gasteiger partial charge in [0.1, 0.15) is 0 Å². The molecule has 2 aliphatic rings. The second kappa shape index (κ2) is 7.32. The lowest BCUT2D eigenvalue weighted by atomic mass is 10.1. The third-order valence-electron chi connectivity index (χ3n) is 4.67. The molecule has 126 valence electrons. The van der Waals surface area contributed by atoms with Crippen LogP contribution in [-0.4, -0.2) is 42.4 Å². The number of aryl methyl sites for hydroxylation is 1. The predicted octanol–water partition coefficient (Wildman–Crippen LogP) is 1.58. The van der Waals surface area contributed by atoms with E-state index in [4.69, 9.17) is 5.73 Å². The molecule has 2 amide bonds. The molecular formula is C17H24ClN3O2. The molecule has 2 aliphatic heterocycles. The first-order chi connectivity index (χ1) is 10.6. The Balaban J connectivity index is 0.00000192. The van der Waals surface area contributed by atoms with Gasteiger partial charge in [0.05, 0.1) is 5.92 Å². The summed E-state index contributed by atoms with van der Waals surface area (Å²) in [6, 6.07) is 8.10. The maximum Gasteiger partial charge on any atom is 0.228 e. The molecule has 2 saturated heterocycles. The zero-order chi connectivity index (χ0) is 15.7. The molecule has 3 rings (SSSR count). The van der Waals surface area contributed by atoms with E-state index in [0.717, 1.165) is 25.1 Å². The lowest BCUT2D eigenvalue weighted by Crippen LogP contribution is -2.37. The quantitative estimate of drug-likeness (QED) is 0.910. The minimum Gasteiger partial charge on any atom is -0.341 e. The van der Waals surface area contributed by atoms with Crippen LogP contribution < -0.4 is 10.6 Å². The molecule has 1 aromatic rings. The van der Waals surface area contributed by atoms with E-state index >= 15 is 0 Å². The second-order valence-corrected chi connectivity index (χ2v) is 6.26. The number of halogens is 1. The van der Waals surface area contributed by atoms with E-state index in [1.165, 1.54) is 5.56 Å². The first kappa shape index (κ1) is 17.8. The van der Waals surface area contributed by atoms with Gasteiger partial charge in [-0.2, -0.15) is 0 Å². The van der Waals surface area contributed by atoms with Gasteiger partial charge in [0.2, 0.25) is 11.8 Å². The van der Waals surface area contributed by atoms with Crippen LogP contribution in [0, 0.1) is 5.92 Å². The van der Waals surface area contributed by atoms with Crippen LogP contribution in [0.5, 0.6) is 0 Å². The van der Waals surface area contributed by atoms with Gasteiger partial charge in [0.25, 0.3) is 0 Å². The molecule has 5 nitrogen and oxygen atoms in total. The molecular weight excluding hydrogens is 314 g/mol. The van der Waals surface area contributed by atoms with E-state index in [1.54, 1.807) is 4.90 Å². The normalized spacial score (nSPS) is 24.0. The monoisotopic (exact) mass is 337 g/mol. The van der Waals surface area contributed by atoms with Crippen molar-refractivity contribution in [3.63, 3.8) is 0 Å². The molecule has 23 heavy (non-hydrogen) atoms. The Morgan fingerprint density at radius 2 is 1.96 bits per heavy atom. The summed E-state index contributed by atoms with van der Waals surface area (Å²) < 4.78 is 0. The lowest BCUT2D eigenvalue weighted by Gasteiger charge is -2.21. The Hall–Kier alpha value is -1.59. The van der Waals surface area contributed by atoms with Gasteiger partial charge in [-0.1, -0.05) is 19.1 Å². The van der Waals surface area contributed by atoms with Crippen LogP contribution in [0.3, 0.4) is 0 Å². The van der Waals surface area contributed by atoms with Crippen molar-refractivity contribution in [1.82, 2.24) is 4.90 Å². The summed E-state index contributed by atoms with van der Waals surface area (Å²) in [4.78, 5) is 28.3. The summed E-state index contributed by atoms with van der Waals surface area (Å²) in [7, 11) is 0. The SMILES string of the molecule is CCc1ccc(N2CC(C(=O)N3CC[C@@H](N)C3)CC2=O)cc1.Cl. The molecule has 2 N–H and O–H groups in total. The molecule has 2 atom stereocenters. The molecule has 2 fully saturated rings. The second-order valence-electron chi connectivity index (χ2n) is 6.26. The number of benzene rings is 1. The Labute approximate surface area is 143 Å². The highest BCUT2D eigenvalue weighted by Crippen LogP contribution is 2.27. The van der Waals surface area contributed by atoms with Gasteiger partial charge >= 0.3 is 0 Å². The fraction of sp³-hybridized carbons (Fsp3) is 0.529. The molecule has 6 heteroatoms. The maximum atomic E-state index is 12.5. The van der Waals surface area contributed by atoms with Crippen LogP contribution in [0.2, 0.25) is 0 Å². The van der Waals surface area contributed by atoms with Gasteiger partial charge in [-0.25, -0.2) is 0 Å². The van der Waals surface area contributed by atoms with Crippen molar-refractivity contribution in [3.05, 3.63) is 29.8 Å². The number of carbonyl (C=O) groups is 2. The van der Waals surface area contributed by atoms with Crippen molar-refractivity contribution in [1.29, 1.82) is 0 Å². The standard InChI is InChI=1S/C17H23N3O2.ClH/c1-2-12-3-5-15(6-4-12)20-10-13(9-16(20)21)17(22)19-8-7-14(18)11-19;/h3-6,13-14H,2,7-11,18H2,1H3;1H/t13?,14-;/m1./s1. The van der Waals surface area contributed by atoms with Crippen LogP contribution in [0.25, 0.3) is 0 Å². The number of hydrogen-bond acceptors (Lipinski definition) is 3. The first-order valence-corrected chi connectivity index (χ1v) is 8.02. The van der Waals surface area contributed by atoms with Gasteiger partial charge in [-0.3, -0.25) is 9.59 Å². The average Bonchev–Trinajstić information content (AvgIpc) is 3.13. The number of nitrogens with two attached hydrogens (primary N) is 1. The molecule has 0 saturated carbocycles. The largest absolute Gasteiger partial charge is 0.341 e. The van der Waals surface area contributed by atoms with Gasteiger partial charge < -0.3 is 15.5 Å². The van der Waals surface area contributed by atoms with Crippen LogP contribution in [0.15, 0.2) is 24.3 Å². The van der Waals surface area contributed by atoms with Crippen LogP contribution in [-0.2, 0) is 16.0 Å². The maximum absolute atomic E-state index is 12.5. The van der Waals surface area contributed by atoms with Crippen molar-refractivity contribution >= 4 is 29.9 Å². The van der Waals surface area contributed by atoms with Crippen molar-refractivity contribution < 1.29 is 9.59 Å². The third-order valence-corrected chi connectivity index (χ3v) is 4.67. The van der Waals surface area contributed by atoms with Gasteiger partial charge in [0.15, 0.2) is 0 Å². The number of likely N-dealkylation sites (tertiary alicyclic amines) is 1. The highest BCUT2D eigenvalue weighted by Gasteiger charge is 2.38. The Kier molecular flexibility index (Phi) is 5.65. The summed E-state index contributed by atoms with van der Waals surface area (Å²) in [5.74, 6) is -0.122. The summed E-state index contributed by atoms with van der Waals surface area (Å²) in [5.41, 5.74) is 7.99. The lowest BCUT2D eigenvalue weighted by molar-refractivity contribution is -0.134. The summed E-state index contributed by atoms with van der Waals surface area (Å²) in [6.45, 7) is 3.92. The predicted molar refractivity (Wildman–Crippen MR) is 92.7 cm³/mol. The molecule has 0 spiro atoms. The van der Waals surface area contributed by atoms with Gasteiger partial charge in [-0.05, 0) is 30.5 Å². The van der Waals surface area contributed by atoms with E-state index in [1.807, 2.05) is 29.2 Å². The summed E-state index contributed by atoms with van der Waals surface area (Å²) in [5, 5.41) is 0. The molecule has 0 aromatic heterocycles. The van der Waals surface area contributed by atoms with Crippen LogP contribution >= 0.6 is 12.4 Å². The third kappa shape index (κ3) is 3.67. The van der Waals surface area contributed by atoms with E-state index in [2.05, 4.69) is 6.92 Å². The van der Waals surface area contributed by atoms with E-state index in [-0.39, 0.29) is 36.2 Å². The van der Waals surface area contributed by atoms with E-state index in [0.29, 0.717) is 19.5 Å². The Bertz CT molecular complexity index is 576. The van der Waals surface area contributed by atoms with Crippen LogP contribution in [0.1, 0.15) is 25.3 Å². The van der Waals surface area contributed by atoms with E-state index < -0.39 is 0 Å². The molecule has 1 aromatic carbocycles. The average molecular weight is 338 g/mol. The summed E-state index contributed by atoms with van der Waals surface area (Å²) >= 11 is 0. The molecule has 2 heterocycles. The highest BCUT2D eigenvalue weighted by atomic mass is 35.5. The zero-order valence-corrected chi connectivity index (χ0v) is 14.2. The topological polar surface area (TPSA) is 66.6 Å². The zero-order valence-electron chi connectivity index (χ0n) is 13.4. The number of carbonyl (C=O) groups excluding carboxylic acids is 2. The molecule has 0 radical (unpaired) electrons. The molecule has 1 unspecified atom stereocenters. The number of rotatable bonds is 3. The molecule has 0 aliphatic carbocycles. The summed E-state index contributed by atoms with van der Waals surface area (Å²) in [6.07, 6.45) is 2.14. The Morgan fingerprint density at radius 3 is 2.52 bits per heavy atom. The van der Waals surface area contributed by atoms with E-state index in [9.17, 15) is 9.59 Å². The van der Waals surface area contributed by atoms with Crippen LogP contribution in [0.4, 0.5) is 5.69 Å². The number of amides is 2. The highest BCUT2D eigenvalue weighted by molar-refractivity contribution is 6.00. The minimum absolute atomic E-state index is 0. The Morgan fingerprint density at radius 1 is 1.26 bits per heavy atom. The van der Waals surface area contributed by atoms with Crippen molar-refractivity contribution in [2.45, 2.75) is 32.2 Å². The number of anilines is 1. The van der Waals surface area contributed by atoms with Crippen molar-refractivity contribution in [3.8, 4) is 0 Å². The number of nitrogens with zero attached hydrogens (tertiary/aromatic N) is 2. The minimum atomic E-state index is -0.233. The smallest absolute Gasteiger partial charge is 0.228 e. The van der Waals surface area contributed by atoms with Gasteiger partial charge in [0, 0.05) is 37.8 Å². The fourth-order valence-corrected chi connectivity index (χ4v) is 3.28. The fourth-order valence-electron chi connectivity index (χ4n) is 3.28.